The Balaban J connectivity index is 2.36. The second-order valence-electron chi connectivity index (χ2n) is 3.45. The highest BCUT2D eigenvalue weighted by Crippen LogP contribution is 2.33. The number of rotatable bonds is 3. The molecule has 0 aliphatic heterocycles. The molecule has 0 radical (unpaired) electrons. The minimum Gasteiger partial charge on any atom is -0.493 e. The Morgan fingerprint density at radius 1 is 1.28 bits per heavy atom. The van der Waals surface area contributed by atoms with E-state index >= 15 is 0 Å². The zero-order chi connectivity index (χ0) is 13.1. The van der Waals surface area contributed by atoms with Gasteiger partial charge in [-0.1, -0.05) is 0 Å². The number of hydrogen-bond acceptors (Lipinski definition) is 4. The number of aromatic nitrogens is 1. The van der Waals surface area contributed by atoms with Gasteiger partial charge < -0.3 is 15.2 Å². The zero-order valence-electron chi connectivity index (χ0n) is 9.48. The van der Waals surface area contributed by atoms with Gasteiger partial charge in [0.2, 0.25) is 0 Å². The van der Waals surface area contributed by atoms with Crippen LogP contribution in [0.3, 0.4) is 0 Å². The number of hydrogen-bond donors (Lipinski definition) is 1. The second kappa shape index (κ2) is 5.22. The van der Waals surface area contributed by atoms with Gasteiger partial charge in [-0.3, -0.25) is 0 Å². The summed E-state index contributed by atoms with van der Waals surface area (Å²) in [6.07, 6.45) is 1.44. The molecule has 0 saturated carbocycles. The molecule has 0 saturated heterocycles. The van der Waals surface area contributed by atoms with Gasteiger partial charge in [0.25, 0.3) is 5.88 Å². The van der Waals surface area contributed by atoms with Crippen LogP contribution in [0.25, 0.3) is 0 Å². The van der Waals surface area contributed by atoms with E-state index in [-0.39, 0.29) is 5.88 Å². The van der Waals surface area contributed by atoms with Gasteiger partial charge in [0.05, 0.1) is 7.11 Å². The lowest BCUT2D eigenvalue weighted by Gasteiger charge is -2.10. The van der Waals surface area contributed by atoms with Crippen molar-refractivity contribution in [1.29, 1.82) is 0 Å². The van der Waals surface area contributed by atoms with E-state index in [4.69, 9.17) is 15.2 Å². The molecule has 2 N–H and O–H groups in total. The summed E-state index contributed by atoms with van der Waals surface area (Å²) in [6, 6.07) is 6.11. The molecular weight excluding hydrogens is 303 g/mol. The number of benzene rings is 1. The maximum absolute atomic E-state index is 13.6. The van der Waals surface area contributed by atoms with Gasteiger partial charge in [0.15, 0.2) is 17.3 Å². The summed E-state index contributed by atoms with van der Waals surface area (Å²) in [4.78, 5) is 3.84. The van der Waals surface area contributed by atoms with E-state index in [2.05, 4.69) is 20.9 Å². The first-order valence-corrected chi connectivity index (χ1v) is 5.82. The lowest BCUT2D eigenvalue weighted by atomic mass is 10.3. The Morgan fingerprint density at radius 2 is 2.06 bits per heavy atom. The summed E-state index contributed by atoms with van der Waals surface area (Å²) in [5, 5.41) is 0. The second-order valence-corrected chi connectivity index (χ2v) is 4.37. The van der Waals surface area contributed by atoms with Crippen LogP contribution in [0.1, 0.15) is 0 Å². The first-order chi connectivity index (χ1) is 8.60. The molecule has 2 aromatic rings. The first-order valence-electron chi connectivity index (χ1n) is 5.02. The largest absolute Gasteiger partial charge is 0.493 e. The Bertz CT molecular complexity index is 578. The molecule has 0 bridgehead atoms. The topological polar surface area (TPSA) is 57.4 Å². The number of ether oxygens (including phenoxy) is 2. The van der Waals surface area contributed by atoms with Crippen molar-refractivity contribution in [2.24, 2.45) is 0 Å². The van der Waals surface area contributed by atoms with Crippen LogP contribution in [0.2, 0.25) is 0 Å². The third-order valence-electron chi connectivity index (χ3n) is 2.17. The third kappa shape index (κ3) is 2.70. The fraction of sp³-hybridized carbons (Fsp3) is 0.0833. The molecule has 0 aliphatic carbocycles. The van der Waals surface area contributed by atoms with Gasteiger partial charge in [-0.2, -0.15) is 0 Å². The highest BCUT2D eigenvalue weighted by molar-refractivity contribution is 9.10. The monoisotopic (exact) mass is 312 g/mol. The van der Waals surface area contributed by atoms with E-state index in [1.54, 1.807) is 18.2 Å². The van der Waals surface area contributed by atoms with Gasteiger partial charge in [-0.05, 0) is 34.1 Å². The normalized spacial score (nSPS) is 10.2. The van der Waals surface area contributed by atoms with E-state index in [1.807, 2.05) is 0 Å². The Labute approximate surface area is 112 Å². The lowest BCUT2D eigenvalue weighted by Crippen LogP contribution is -1.96. The molecule has 0 fully saturated rings. The SMILES string of the molecule is COc1ccc(N)cc1Oc1ncc(Br)cc1F. The number of halogens is 2. The maximum atomic E-state index is 13.6. The lowest BCUT2D eigenvalue weighted by molar-refractivity contribution is 0.364. The number of pyridine rings is 1. The number of nitrogens with zero attached hydrogens (tertiary/aromatic N) is 1. The van der Waals surface area contributed by atoms with Crippen LogP contribution >= 0.6 is 15.9 Å². The van der Waals surface area contributed by atoms with Crippen LogP contribution in [0.15, 0.2) is 34.9 Å². The summed E-state index contributed by atoms with van der Waals surface area (Å²) in [5.74, 6) is 0.0514. The molecular formula is C12H10BrFN2O2. The molecule has 0 unspecified atom stereocenters. The first kappa shape index (κ1) is 12.6. The van der Waals surface area contributed by atoms with Gasteiger partial charge in [0, 0.05) is 22.4 Å². The van der Waals surface area contributed by atoms with E-state index < -0.39 is 5.82 Å². The molecule has 1 aromatic carbocycles. The van der Waals surface area contributed by atoms with Crippen molar-refractivity contribution >= 4 is 21.6 Å². The summed E-state index contributed by atoms with van der Waals surface area (Å²) in [6.45, 7) is 0. The van der Waals surface area contributed by atoms with Crippen LogP contribution in [0, 0.1) is 5.82 Å². The molecule has 94 valence electrons. The molecule has 4 nitrogen and oxygen atoms in total. The predicted molar refractivity (Wildman–Crippen MR) is 69.4 cm³/mol. The van der Waals surface area contributed by atoms with Crippen molar-refractivity contribution in [3.8, 4) is 17.4 Å². The quantitative estimate of drug-likeness (QED) is 0.883. The minimum atomic E-state index is -0.575. The fourth-order valence-corrected chi connectivity index (χ4v) is 1.66. The Kier molecular flexibility index (Phi) is 3.66. The van der Waals surface area contributed by atoms with Crippen LogP contribution < -0.4 is 15.2 Å². The van der Waals surface area contributed by atoms with Crippen LogP contribution in [0.4, 0.5) is 10.1 Å². The molecule has 1 aromatic heterocycles. The number of nitrogen functional groups attached to an aromatic ring is 1. The van der Waals surface area contributed by atoms with E-state index in [0.29, 0.717) is 21.7 Å². The average Bonchev–Trinajstić information content (AvgIpc) is 2.33. The number of anilines is 1. The standard InChI is InChI=1S/C12H10BrFN2O2/c1-17-10-3-2-8(15)5-11(10)18-12-9(14)4-7(13)6-16-12/h2-6H,15H2,1H3. The van der Waals surface area contributed by atoms with E-state index in [9.17, 15) is 4.39 Å². The summed E-state index contributed by atoms with van der Waals surface area (Å²) < 4.78 is 24.6. The van der Waals surface area contributed by atoms with Crippen molar-refractivity contribution in [2.75, 3.05) is 12.8 Å². The molecule has 1 heterocycles. The molecule has 0 aliphatic rings. The van der Waals surface area contributed by atoms with Crippen molar-refractivity contribution in [3.63, 3.8) is 0 Å². The highest BCUT2D eigenvalue weighted by Gasteiger charge is 2.11. The molecule has 6 heteroatoms. The fourth-order valence-electron chi connectivity index (χ4n) is 1.35. The van der Waals surface area contributed by atoms with Crippen molar-refractivity contribution in [2.45, 2.75) is 0 Å². The smallest absolute Gasteiger partial charge is 0.256 e. The van der Waals surface area contributed by atoms with E-state index in [0.717, 1.165) is 0 Å². The van der Waals surface area contributed by atoms with E-state index in [1.165, 1.54) is 19.4 Å². The summed E-state index contributed by atoms with van der Waals surface area (Å²) in [7, 11) is 1.49. The van der Waals surface area contributed by atoms with Gasteiger partial charge in [0.1, 0.15) is 0 Å². The summed E-state index contributed by atoms with van der Waals surface area (Å²) in [5.41, 5.74) is 6.13. The average molecular weight is 313 g/mol. The molecule has 18 heavy (non-hydrogen) atoms. The van der Waals surface area contributed by atoms with Crippen LogP contribution in [-0.2, 0) is 0 Å². The maximum Gasteiger partial charge on any atom is 0.256 e. The number of methoxy groups -OCH3 is 1. The Hall–Kier alpha value is -1.82. The van der Waals surface area contributed by atoms with Gasteiger partial charge >= 0.3 is 0 Å². The Morgan fingerprint density at radius 3 is 2.72 bits per heavy atom. The summed E-state index contributed by atoms with van der Waals surface area (Å²) >= 11 is 3.12. The predicted octanol–water partition coefficient (Wildman–Crippen LogP) is 3.37. The minimum absolute atomic E-state index is 0.137. The zero-order valence-corrected chi connectivity index (χ0v) is 11.1. The third-order valence-corrected chi connectivity index (χ3v) is 2.60. The molecule has 0 spiro atoms. The van der Waals surface area contributed by atoms with Gasteiger partial charge in [-0.25, -0.2) is 9.37 Å². The molecule has 0 amide bonds. The van der Waals surface area contributed by atoms with Crippen molar-refractivity contribution < 1.29 is 13.9 Å². The molecule has 0 atom stereocenters. The van der Waals surface area contributed by atoms with Crippen molar-refractivity contribution in [3.05, 3.63) is 40.8 Å². The van der Waals surface area contributed by atoms with Crippen LogP contribution in [-0.4, -0.2) is 12.1 Å². The number of nitrogens with two attached hydrogens (primary N) is 1. The van der Waals surface area contributed by atoms with Gasteiger partial charge in [-0.15, -0.1) is 0 Å². The molecule has 2 rings (SSSR count). The van der Waals surface area contributed by atoms with Crippen LogP contribution in [0.5, 0.6) is 17.4 Å². The van der Waals surface area contributed by atoms with Crippen molar-refractivity contribution in [1.82, 2.24) is 4.98 Å². The highest BCUT2D eigenvalue weighted by atomic mass is 79.9.